The second-order valence-electron chi connectivity index (χ2n) is 7.10. The van der Waals surface area contributed by atoms with Gasteiger partial charge in [-0.25, -0.2) is 4.39 Å². The lowest BCUT2D eigenvalue weighted by molar-refractivity contribution is 0.631. The van der Waals surface area contributed by atoms with Crippen molar-refractivity contribution in [3.05, 3.63) is 79.0 Å². The highest BCUT2D eigenvalue weighted by atomic mass is 19.1. The molecule has 144 valence electrons. The molecule has 0 aliphatic carbocycles. The normalized spacial score (nSPS) is 11.5. The number of nitrogens with one attached hydrogen (secondary N) is 3. The van der Waals surface area contributed by atoms with E-state index in [1.165, 1.54) is 6.07 Å². The summed E-state index contributed by atoms with van der Waals surface area (Å²) in [4.78, 5) is 7.91. The standard InChI is InChI=1S/C23H15FN6/c24-18-6-2-1-4-15(18)14-5-3-7-19-16(14)8-21(28-19)23-17-9-20(13-10-26-27-11-13)25-12-22(17)29-30-23/h1-12,28H,(H,26,27)(H,29,30). The molecule has 0 radical (unpaired) electrons. The summed E-state index contributed by atoms with van der Waals surface area (Å²) in [5.74, 6) is -0.242. The minimum atomic E-state index is -0.242. The molecule has 2 aromatic carbocycles. The van der Waals surface area contributed by atoms with Crippen molar-refractivity contribution in [2.45, 2.75) is 0 Å². The Morgan fingerprint density at radius 1 is 0.833 bits per heavy atom. The maximum atomic E-state index is 14.4. The number of hydrogen-bond donors (Lipinski definition) is 3. The lowest BCUT2D eigenvalue weighted by atomic mass is 10.0. The van der Waals surface area contributed by atoms with Gasteiger partial charge in [0.15, 0.2) is 0 Å². The van der Waals surface area contributed by atoms with Gasteiger partial charge in [0.1, 0.15) is 11.5 Å². The molecule has 0 aliphatic heterocycles. The van der Waals surface area contributed by atoms with Crippen LogP contribution in [0.4, 0.5) is 4.39 Å². The Bertz CT molecular complexity index is 1510. The van der Waals surface area contributed by atoms with E-state index in [9.17, 15) is 4.39 Å². The molecule has 4 aromatic heterocycles. The van der Waals surface area contributed by atoms with E-state index in [-0.39, 0.29) is 5.82 Å². The van der Waals surface area contributed by atoms with Crippen molar-refractivity contribution < 1.29 is 4.39 Å². The Morgan fingerprint density at radius 3 is 2.60 bits per heavy atom. The first-order valence-electron chi connectivity index (χ1n) is 9.48. The highest BCUT2D eigenvalue weighted by Crippen LogP contribution is 2.35. The molecule has 0 saturated carbocycles. The van der Waals surface area contributed by atoms with Gasteiger partial charge in [0.25, 0.3) is 0 Å². The zero-order chi connectivity index (χ0) is 20.1. The summed E-state index contributed by atoms with van der Waals surface area (Å²) in [6.45, 7) is 0. The van der Waals surface area contributed by atoms with E-state index in [1.54, 1.807) is 30.7 Å². The minimum absolute atomic E-state index is 0.242. The van der Waals surface area contributed by atoms with Gasteiger partial charge in [0.05, 0.1) is 29.3 Å². The number of nitrogens with zero attached hydrogens (tertiary/aromatic N) is 3. The zero-order valence-corrected chi connectivity index (χ0v) is 15.6. The number of pyridine rings is 1. The summed E-state index contributed by atoms with van der Waals surface area (Å²) in [6.07, 6.45) is 5.30. The molecule has 0 saturated heterocycles. The first-order valence-corrected chi connectivity index (χ1v) is 9.48. The van der Waals surface area contributed by atoms with E-state index in [4.69, 9.17) is 0 Å². The summed E-state index contributed by atoms with van der Waals surface area (Å²) in [5.41, 5.74) is 6.53. The van der Waals surface area contributed by atoms with Gasteiger partial charge in [-0.3, -0.25) is 15.2 Å². The van der Waals surface area contributed by atoms with Gasteiger partial charge in [-0.05, 0) is 29.8 Å². The van der Waals surface area contributed by atoms with E-state index < -0.39 is 0 Å². The van der Waals surface area contributed by atoms with Crippen molar-refractivity contribution in [1.29, 1.82) is 0 Å². The lowest BCUT2D eigenvalue weighted by Gasteiger charge is -2.04. The van der Waals surface area contributed by atoms with E-state index in [0.717, 1.165) is 50.0 Å². The molecule has 7 heteroatoms. The maximum Gasteiger partial charge on any atom is 0.131 e. The van der Waals surface area contributed by atoms with Crippen LogP contribution in [0.1, 0.15) is 0 Å². The summed E-state index contributed by atoms with van der Waals surface area (Å²) in [6, 6.07) is 16.7. The zero-order valence-electron chi connectivity index (χ0n) is 15.6. The second-order valence-corrected chi connectivity index (χ2v) is 7.10. The van der Waals surface area contributed by atoms with Gasteiger partial charge in [0.2, 0.25) is 0 Å². The number of hydrogen-bond acceptors (Lipinski definition) is 3. The average Bonchev–Trinajstić information content (AvgIpc) is 3.51. The van der Waals surface area contributed by atoms with Crippen LogP contribution in [-0.2, 0) is 0 Å². The molecule has 30 heavy (non-hydrogen) atoms. The Morgan fingerprint density at radius 2 is 1.73 bits per heavy atom. The number of fused-ring (bicyclic) bond motifs is 2. The maximum absolute atomic E-state index is 14.4. The fourth-order valence-electron chi connectivity index (χ4n) is 3.87. The first-order chi connectivity index (χ1) is 14.8. The Hall–Kier alpha value is -4.26. The molecule has 6 rings (SSSR count). The number of aromatic amines is 3. The number of H-pyrrole nitrogens is 3. The van der Waals surface area contributed by atoms with Gasteiger partial charge in [0, 0.05) is 33.6 Å². The van der Waals surface area contributed by atoms with Gasteiger partial charge in [-0.15, -0.1) is 0 Å². The summed E-state index contributed by atoms with van der Waals surface area (Å²) < 4.78 is 14.4. The van der Waals surface area contributed by atoms with Gasteiger partial charge in [-0.2, -0.15) is 10.2 Å². The molecule has 0 unspecified atom stereocenters. The minimum Gasteiger partial charge on any atom is -0.353 e. The predicted octanol–water partition coefficient (Wildman–Crippen LogP) is 5.30. The molecule has 0 amide bonds. The fourth-order valence-corrected chi connectivity index (χ4v) is 3.87. The van der Waals surface area contributed by atoms with Crippen LogP contribution in [0, 0.1) is 5.82 Å². The van der Waals surface area contributed by atoms with Crippen molar-refractivity contribution in [2.75, 3.05) is 0 Å². The van der Waals surface area contributed by atoms with Crippen LogP contribution in [0.25, 0.3) is 55.6 Å². The third kappa shape index (κ3) is 2.52. The molecular weight excluding hydrogens is 379 g/mol. The SMILES string of the molecule is Fc1ccccc1-c1cccc2[nH]c(-c3n[nH]c4cnc(-c5cn[nH]c5)cc34)cc12. The summed E-state index contributed by atoms with van der Waals surface area (Å²) in [5, 5.41) is 16.2. The predicted molar refractivity (Wildman–Crippen MR) is 114 cm³/mol. The van der Waals surface area contributed by atoms with Crippen LogP contribution in [0.2, 0.25) is 0 Å². The Labute approximate surface area is 169 Å². The van der Waals surface area contributed by atoms with Crippen LogP contribution in [0.3, 0.4) is 0 Å². The largest absolute Gasteiger partial charge is 0.353 e. The summed E-state index contributed by atoms with van der Waals surface area (Å²) >= 11 is 0. The molecule has 3 N–H and O–H groups in total. The molecule has 0 fully saturated rings. The summed E-state index contributed by atoms with van der Waals surface area (Å²) in [7, 11) is 0. The quantitative estimate of drug-likeness (QED) is 0.381. The topological polar surface area (TPSA) is 86.0 Å². The molecule has 6 nitrogen and oxygen atoms in total. The number of halogens is 1. The monoisotopic (exact) mass is 394 g/mol. The second kappa shape index (κ2) is 6.38. The Kier molecular flexibility index (Phi) is 3.55. The van der Waals surface area contributed by atoms with Crippen LogP contribution in [-0.4, -0.2) is 30.4 Å². The highest BCUT2D eigenvalue weighted by molar-refractivity contribution is 6.01. The first kappa shape index (κ1) is 16.7. The lowest BCUT2D eigenvalue weighted by Crippen LogP contribution is -1.83. The van der Waals surface area contributed by atoms with Crippen molar-refractivity contribution in [3.8, 4) is 33.8 Å². The number of benzene rings is 2. The molecular formula is C23H15FN6. The van der Waals surface area contributed by atoms with Crippen molar-refractivity contribution in [2.24, 2.45) is 0 Å². The molecule has 0 aliphatic rings. The van der Waals surface area contributed by atoms with Crippen LogP contribution >= 0.6 is 0 Å². The molecule has 0 bridgehead atoms. The fraction of sp³-hybridized carbons (Fsp3) is 0. The Balaban J connectivity index is 1.54. The smallest absolute Gasteiger partial charge is 0.131 e. The molecule has 6 aromatic rings. The van der Waals surface area contributed by atoms with Crippen LogP contribution in [0.15, 0.2) is 73.2 Å². The van der Waals surface area contributed by atoms with Gasteiger partial charge in [-0.1, -0.05) is 30.3 Å². The van der Waals surface area contributed by atoms with Crippen LogP contribution in [0.5, 0.6) is 0 Å². The van der Waals surface area contributed by atoms with Crippen molar-refractivity contribution in [3.63, 3.8) is 0 Å². The number of rotatable bonds is 3. The van der Waals surface area contributed by atoms with Gasteiger partial charge >= 0.3 is 0 Å². The molecule has 4 heterocycles. The third-order valence-corrected chi connectivity index (χ3v) is 5.32. The van der Waals surface area contributed by atoms with E-state index in [0.29, 0.717) is 5.56 Å². The van der Waals surface area contributed by atoms with Crippen molar-refractivity contribution in [1.82, 2.24) is 30.4 Å². The van der Waals surface area contributed by atoms with E-state index in [1.807, 2.05) is 36.4 Å². The van der Waals surface area contributed by atoms with E-state index >= 15 is 0 Å². The molecule has 0 spiro atoms. The van der Waals surface area contributed by atoms with Crippen molar-refractivity contribution >= 4 is 21.8 Å². The average molecular weight is 394 g/mol. The third-order valence-electron chi connectivity index (χ3n) is 5.32. The highest BCUT2D eigenvalue weighted by Gasteiger charge is 2.15. The van der Waals surface area contributed by atoms with Gasteiger partial charge < -0.3 is 4.98 Å². The number of aromatic nitrogens is 6. The molecule has 0 atom stereocenters. The van der Waals surface area contributed by atoms with Crippen LogP contribution < -0.4 is 0 Å². The van der Waals surface area contributed by atoms with E-state index in [2.05, 4.69) is 30.4 Å².